The summed E-state index contributed by atoms with van der Waals surface area (Å²) < 4.78 is 0. The molecule has 0 spiro atoms. The summed E-state index contributed by atoms with van der Waals surface area (Å²) >= 11 is 0. The quantitative estimate of drug-likeness (QED) is 0.347. The number of carbonyl (C=O) groups is 2. The monoisotopic (exact) mass is 574 g/mol. The molecule has 0 amide bonds. The van der Waals surface area contributed by atoms with Gasteiger partial charge in [-0.25, -0.2) is 0 Å². The average Bonchev–Trinajstić information content (AvgIpc) is 3.43. The molecule has 0 aromatic heterocycles. The summed E-state index contributed by atoms with van der Waals surface area (Å²) in [4.78, 5) is 27.6. The fourth-order valence-electron chi connectivity index (χ4n) is 14.2. The van der Waals surface area contributed by atoms with Gasteiger partial charge in [0, 0.05) is 12.3 Å². The van der Waals surface area contributed by atoms with Crippen LogP contribution in [0.4, 0.5) is 0 Å². The molecule has 2 unspecified atom stereocenters. The van der Waals surface area contributed by atoms with Gasteiger partial charge in [-0.2, -0.15) is 0 Å². The Hall–Kier alpha value is -1.26. The van der Waals surface area contributed by atoms with Crippen molar-refractivity contribution in [1.82, 2.24) is 0 Å². The van der Waals surface area contributed by atoms with Crippen LogP contribution in [0, 0.1) is 69.0 Å². The van der Waals surface area contributed by atoms with Crippen molar-refractivity contribution < 1.29 is 19.8 Å². The normalized spacial score (nSPS) is 56.7. The van der Waals surface area contributed by atoms with Gasteiger partial charge in [0.15, 0.2) is 11.6 Å². The highest BCUT2D eigenvalue weighted by Crippen LogP contribution is 2.70. The highest BCUT2D eigenvalue weighted by Gasteiger charge is 2.64. The molecule has 0 saturated heterocycles. The number of allylic oxidation sites excluding steroid dienone is 2. The molecule has 0 aromatic carbocycles. The molecule has 2 N–H and O–H groups in total. The van der Waals surface area contributed by atoms with Gasteiger partial charge in [-0.1, -0.05) is 38.8 Å². The zero-order chi connectivity index (χ0) is 29.4. The van der Waals surface area contributed by atoms with Crippen LogP contribution < -0.4 is 0 Å². The topological polar surface area (TPSA) is 74.6 Å². The molecule has 0 radical (unpaired) electrons. The zero-order valence-corrected chi connectivity index (χ0v) is 26.5. The predicted octanol–water partition coefficient (Wildman–Crippen LogP) is 7.22. The van der Waals surface area contributed by atoms with Crippen molar-refractivity contribution in [1.29, 1.82) is 0 Å². The van der Waals surface area contributed by atoms with Crippen LogP contribution in [0.15, 0.2) is 23.3 Å². The van der Waals surface area contributed by atoms with E-state index >= 15 is 0 Å². The van der Waals surface area contributed by atoms with E-state index in [4.69, 9.17) is 0 Å². The summed E-state index contributed by atoms with van der Waals surface area (Å²) in [5, 5.41) is 22.0. The van der Waals surface area contributed by atoms with Crippen LogP contribution in [0.3, 0.4) is 0 Å². The molecule has 4 nitrogen and oxygen atoms in total. The molecule has 42 heavy (non-hydrogen) atoms. The lowest BCUT2D eigenvalue weighted by Gasteiger charge is -2.62. The van der Waals surface area contributed by atoms with E-state index in [0.717, 1.165) is 77.0 Å². The Morgan fingerprint density at radius 1 is 0.643 bits per heavy atom. The number of rotatable bonds is 1. The van der Waals surface area contributed by atoms with Crippen molar-refractivity contribution in [3.8, 4) is 0 Å². The van der Waals surface area contributed by atoms with E-state index in [1.165, 1.54) is 17.6 Å². The van der Waals surface area contributed by atoms with Crippen LogP contribution in [0.1, 0.15) is 118 Å². The predicted molar refractivity (Wildman–Crippen MR) is 163 cm³/mol. The lowest BCUT2D eigenvalue weighted by Crippen LogP contribution is -2.57. The molecule has 4 heteroatoms. The van der Waals surface area contributed by atoms with E-state index in [1.54, 1.807) is 0 Å². The van der Waals surface area contributed by atoms with Gasteiger partial charge >= 0.3 is 0 Å². The first kappa shape index (κ1) is 28.2. The van der Waals surface area contributed by atoms with E-state index in [9.17, 15) is 19.8 Å². The van der Waals surface area contributed by atoms with Crippen LogP contribution in [0.2, 0.25) is 0 Å². The first-order valence-corrected chi connectivity index (χ1v) is 17.8. The van der Waals surface area contributed by atoms with Crippen molar-refractivity contribution in [2.45, 2.75) is 130 Å². The van der Waals surface area contributed by atoms with Crippen molar-refractivity contribution in [2.24, 2.45) is 69.0 Å². The Kier molecular flexibility index (Phi) is 6.15. The number of carbonyl (C=O) groups excluding carboxylic acids is 2. The van der Waals surface area contributed by atoms with Gasteiger partial charge < -0.3 is 10.2 Å². The van der Waals surface area contributed by atoms with E-state index in [2.05, 4.69) is 33.8 Å². The van der Waals surface area contributed by atoms with Crippen LogP contribution in [0.5, 0.6) is 0 Å². The molecule has 0 aliphatic heterocycles. The average molecular weight is 575 g/mol. The van der Waals surface area contributed by atoms with Crippen LogP contribution >= 0.6 is 0 Å². The maximum absolute atomic E-state index is 14.2. The van der Waals surface area contributed by atoms with E-state index in [1.807, 2.05) is 6.08 Å². The smallest absolute Gasteiger partial charge is 0.159 e. The number of ketones is 2. The Bertz CT molecular complexity index is 1260. The summed E-state index contributed by atoms with van der Waals surface area (Å²) in [6, 6.07) is 0. The first-order valence-electron chi connectivity index (χ1n) is 17.8. The number of fused-ring (bicyclic) bond motifs is 10. The molecule has 0 heterocycles. The van der Waals surface area contributed by atoms with E-state index in [0.29, 0.717) is 47.7 Å². The largest absolute Gasteiger partial charge is 0.393 e. The molecule has 8 aliphatic rings. The fraction of sp³-hybridized carbons (Fsp3) is 0.842. The van der Waals surface area contributed by atoms with Crippen molar-refractivity contribution in [3.63, 3.8) is 0 Å². The number of hydrogen-bond donors (Lipinski definition) is 2. The zero-order valence-electron chi connectivity index (χ0n) is 26.5. The lowest BCUT2D eigenvalue weighted by atomic mass is 9.41. The molecule has 8 rings (SSSR count). The third kappa shape index (κ3) is 3.49. The molecule has 6 fully saturated rings. The Balaban J connectivity index is 1.14. The summed E-state index contributed by atoms with van der Waals surface area (Å²) in [6.07, 6.45) is 18.1. The molecular formula is C38H54O4. The fourth-order valence-corrected chi connectivity index (χ4v) is 14.2. The van der Waals surface area contributed by atoms with Crippen LogP contribution in [-0.4, -0.2) is 34.0 Å². The van der Waals surface area contributed by atoms with Gasteiger partial charge in [-0.05, 0) is 159 Å². The van der Waals surface area contributed by atoms with E-state index < -0.39 is 0 Å². The molecule has 0 bridgehead atoms. The van der Waals surface area contributed by atoms with Crippen molar-refractivity contribution >= 4 is 11.6 Å². The summed E-state index contributed by atoms with van der Waals surface area (Å²) in [5.41, 5.74) is 2.74. The van der Waals surface area contributed by atoms with Crippen LogP contribution in [-0.2, 0) is 9.59 Å². The third-order valence-electron chi connectivity index (χ3n) is 16.6. The minimum absolute atomic E-state index is 0.0197. The van der Waals surface area contributed by atoms with Gasteiger partial charge in [-0.3, -0.25) is 9.59 Å². The Labute approximate surface area is 253 Å². The maximum atomic E-state index is 14.2. The SMILES string of the molecule is C[C@]12CC[C@H]3[C@@H](CCC4=CC(=O)C(C5CC(=O)C=C6CC[C@H]7[C@@H]8CC[C@H](O)[C@@]8(C)CC[C@@H]7[C@]65C)C[C@@]43C)[C@@H]1CC[C@@H]2O. The third-order valence-corrected chi connectivity index (χ3v) is 16.6. The summed E-state index contributed by atoms with van der Waals surface area (Å²) in [5.74, 6) is 4.00. The second-order valence-electron chi connectivity index (χ2n) is 17.6. The lowest BCUT2D eigenvalue weighted by molar-refractivity contribution is -0.138. The minimum atomic E-state index is -0.182. The Morgan fingerprint density at radius 3 is 1.86 bits per heavy atom. The standard InChI is InChI=1S/C38H54O4/c1-35-15-13-29-24(27(35)9-11-33(35)41)7-5-21-18-32(40)26(20-37(21,29)3)31-19-23(39)17-22-6-8-25-28-10-12-34(42)36(28,2)16-14-30(25)38(22,31)4/h17-18,24-31,33-34,41-42H,5-16,19-20H2,1-4H3/t24-,25-,26?,27-,28-,29-,30-,31?,33-,34-,35-,36-,37-,38-/m0/s1. The van der Waals surface area contributed by atoms with Crippen molar-refractivity contribution in [2.75, 3.05) is 0 Å². The first-order chi connectivity index (χ1) is 19.9. The second kappa shape index (κ2) is 9.15. The van der Waals surface area contributed by atoms with Crippen LogP contribution in [0.25, 0.3) is 0 Å². The number of aliphatic hydroxyl groups is 2. The molecule has 8 aliphatic carbocycles. The maximum Gasteiger partial charge on any atom is 0.159 e. The second-order valence-corrected chi connectivity index (χ2v) is 17.6. The van der Waals surface area contributed by atoms with Gasteiger partial charge in [-0.15, -0.1) is 0 Å². The number of aliphatic hydroxyl groups excluding tert-OH is 2. The van der Waals surface area contributed by atoms with Gasteiger partial charge in [0.25, 0.3) is 0 Å². The van der Waals surface area contributed by atoms with E-state index in [-0.39, 0.29) is 51.5 Å². The highest BCUT2D eigenvalue weighted by molar-refractivity contribution is 5.96. The Morgan fingerprint density at radius 2 is 1.21 bits per heavy atom. The van der Waals surface area contributed by atoms with Gasteiger partial charge in [0.2, 0.25) is 0 Å². The van der Waals surface area contributed by atoms with Crippen molar-refractivity contribution in [3.05, 3.63) is 23.3 Å². The number of hydrogen-bond acceptors (Lipinski definition) is 4. The minimum Gasteiger partial charge on any atom is -0.393 e. The summed E-state index contributed by atoms with van der Waals surface area (Å²) in [7, 11) is 0. The molecule has 230 valence electrons. The van der Waals surface area contributed by atoms with Gasteiger partial charge in [0.1, 0.15) is 0 Å². The van der Waals surface area contributed by atoms with Gasteiger partial charge in [0.05, 0.1) is 12.2 Å². The molecule has 0 aromatic rings. The summed E-state index contributed by atoms with van der Waals surface area (Å²) in [6.45, 7) is 9.65. The molecule has 6 saturated carbocycles. The highest BCUT2D eigenvalue weighted by atomic mass is 16.3. The molecular weight excluding hydrogens is 520 g/mol. The molecule has 14 atom stereocenters.